The quantitative estimate of drug-likeness (QED) is 0.333. The highest BCUT2D eigenvalue weighted by Crippen LogP contribution is 2.22. The number of nitrogens with two attached hydrogens (primary N) is 1. The molecule has 1 atom stereocenters. The van der Waals surface area contributed by atoms with Gasteiger partial charge >= 0.3 is 0 Å². The summed E-state index contributed by atoms with van der Waals surface area (Å²) in [7, 11) is 1.75. The fourth-order valence-corrected chi connectivity index (χ4v) is 5.49. The molecule has 1 aliphatic heterocycles. The van der Waals surface area contributed by atoms with Crippen molar-refractivity contribution in [3.05, 3.63) is 50.4 Å². The topological polar surface area (TPSA) is 86.9 Å². The summed E-state index contributed by atoms with van der Waals surface area (Å²) in [5.74, 6) is 0.524. The van der Waals surface area contributed by atoms with Gasteiger partial charge in [-0.3, -0.25) is 9.79 Å². The molecule has 0 unspecified atom stereocenters. The second-order valence-electron chi connectivity index (χ2n) is 8.72. The van der Waals surface area contributed by atoms with Crippen molar-refractivity contribution in [2.24, 2.45) is 10.7 Å². The Morgan fingerprint density at radius 3 is 2.76 bits per heavy atom. The van der Waals surface area contributed by atoms with Gasteiger partial charge in [0.25, 0.3) is 5.91 Å². The second-order valence-corrected chi connectivity index (χ2v) is 9.89. The number of rotatable bonds is 8. The van der Waals surface area contributed by atoms with Gasteiger partial charge in [0.2, 0.25) is 0 Å². The van der Waals surface area contributed by atoms with Gasteiger partial charge in [-0.15, -0.1) is 0 Å². The van der Waals surface area contributed by atoms with Crippen LogP contribution in [0.1, 0.15) is 53.4 Å². The summed E-state index contributed by atoms with van der Waals surface area (Å²) >= 11 is 7.69. The van der Waals surface area contributed by atoms with E-state index < -0.39 is 0 Å². The molecule has 0 spiro atoms. The van der Waals surface area contributed by atoms with E-state index in [4.69, 9.17) is 17.3 Å². The van der Waals surface area contributed by atoms with Crippen molar-refractivity contribution in [2.45, 2.75) is 58.7 Å². The number of hydrogen-bond acceptors (Lipinski definition) is 5. The summed E-state index contributed by atoms with van der Waals surface area (Å²) in [5, 5.41) is 7.74. The maximum Gasteiger partial charge on any atom is 0.253 e. The van der Waals surface area contributed by atoms with Crippen LogP contribution >= 0.6 is 22.9 Å². The van der Waals surface area contributed by atoms with Crippen LogP contribution in [0.3, 0.4) is 0 Å². The number of likely N-dealkylation sites (tertiary alicyclic amines) is 1. The number of guanidine groups is 1. The first-order valence-electron chi connectivity index (χ1n) is 11.5. The minimum atomic E-state index is -0.0847. The lowest BCUT2D eigenvalue weighted by Crippen LogP contribution is -2.51. The lowest BCUT2D eigenvalue weighted by atomic mass is 10.0. The molecule has 0 bridgehead atoms. The highest BCUT2D eigenvalue weighted by Gasteiger charge is 2.28. The summed E-state index contributed by atoms with van der Waals surface area (Å²) < 4.78 is 0. The van der Waals surface area contributed by atoms with E-state index in [-0.39, 0.29) is 5.91 Å². The summed E-state index contributed by atoms with van der Waals surface area (Å²) in [5.41, 5.74) is 9.65. The molecule has 1 amide bonds. The molecule has 2 aromatic rings. The van der Waals surface area contributed by atoms with Crippen molar-refractivity contribution in [2.75, 3.05) is 26.7 Å². The van der Waals surface area contributed by atoms with Crippen LogP contribution in [-0.4, -0.2) is 65.4 Å². The number of aromatic nitrogens is 1. The van der Waals surface area contributed by atoms with Gasteiger partial charge in [-0.25, -0.2) is 4.98 Å². The molecule has 180 valence electrons. The van der Waals surface area contributed by atoms with E-state index in [1.165, 1.54) is 5.56 Å². The number of piperidine rings is 1. The SMILES string of the molecule is CN=C(N)N(Cc1ccsc1)C1CCN([C@H](C)CCNC(=O)c2c(C)cc(Cl)nc2C)CC1. The predicted octanol–water partition coefficient (Wildman–Crippen LogP) is 3.83. The molecular formula is C24H35ClN6OS. The molecule has 1 saturated heterocycles. The number of nitrogens with zero attached hydrogens (tertiary/aromatic N) is 4. The number of aryl methyl sites for hydroxylation is 2. The minimum Gasteiger partial charge on any atom is -0.370 e. The molecule has 2 aromatic heterocycles. The molecule has 3 rings (SSSR count). The fraction of sp³-hybridized carbons (Fsp3) is 0.542. The van der Waals surface area contributed by atoms with Crippen LogP contribution in [0.15, 0.2) is 27.9 Å². The third-order valence-corrected chi connectivity index (χ3v) is 7.39. The van der Waals surface area contributed by atoms with Crippen molar-refractivity contribution < 1.29 is 4.79 Å². The second kappa shape index (κ2) is 11.8. The van der Waals surface area contributed by atoms with Crippen LogP contribution < -0.4 is 11.1 Å². The van der Waals surface area contributed by atoms with Crippen molar-refractivity contribution >= 4 is 34.8 Å². The minimum absolute atomic E-state index is 0.0847. The Balaban J connectivity index is 1.48. The van der Waals surface area contributed by atoms with Crippen LogP contribution in [0.25, 0.3) is 0 Å². The molecule has 0 aromatic carbocycles. The predicted molar refractivity (Wildman–Crippen MR) is 137 cm³/mol. The van der Waals surface area contributed by atoms with Gasteiger partial charge in [0.15, 0.2) is 5.96 Å². The van der Waals surface area contributed by atoms with E-state index in [0.29, 0.717) is 41.0 Å². The molecule has 0 aliphatic carbocycles. The molecule has 0 radical (unpaired) electrons. The van der Waals surface area contributed by atoms with Crippen molar-refractivity contribution in [3.63, 3.8) is 0 Å². The molecule has 1 fully saturated rings. The number of carbonyl (C=O) groups excluding carboxylic acids is 1. The van der Waals surface area contributed by atoms with E-state index in [2.05, 4.69) is 48.8 Å². The van der Waals surface area contributed by atoms with Gasteiger partial charge in [-0.2, -0.15) is 11.3 Å². The third-order valence-electron chi connectivity index (χ3n) is 6.46. The number of pyridine rings is 1. The van der Waals surface area contributed by atoms with Gasteiger partial charge in [0.1, 0.15) is 5.15 Å². The van der Waals surface area contributed by atoms with Gasteiger partial charge < -0.3 is 20.9 Å². The average Bonchev–Trinajstić information content (AvgIpc) is 3.29. The van der Waals surface area contributed by atoms with E-state index in [1.807, 2.05) is 13.8 Å². The fourth-order valence-electron chi connectivity index (χ4n) is 4.54. The summed E-state index contributed by atoms with van der Waals surface area (Å²) in [6.07, 6.45) is 2.99. The summed E-state index contributed by atoms with van der Waals surface area (Å²) in [6, 6.07) is 4.66. The Morgan fingerprint density at radius 1 is 1.42 bits per heavy atom. The molecule has 3 heterocycles. The van der Waals surface area contributed by atoms with Crippen LogP contribution in [0.2, 0.25) is 5.15 Å². The van der Waals surface area contributed by atoms with Crippen molar-refractivity contribution in [3.8, 4) is 0 Å². The Kier molecular flexibility index (Phi) is 9.11. The van der Waals surface area contributed by atoms with E-state index in [0.717, 1.165) is 44.5 Å². The molecule has 33 heavy (non-hydrogen) atoms. The summed E-state index contributed by atoms with van der Waals surface area (Å²) in [4.78, 5) is 25.9. The monoisotopic (exact) mass is 490 g/mol. The Hall–Kier alpha value is -2.16. The largest absolute Gasteiger partial charge is 0.370 e. The first-order chi connectivity index (χ1) is 15.8. The van der Waals surface area contributed by atoms with E-state index >= 15 is 0 Å². The molecule has 0 saturated carbocycles. The number of aliphatic imine (C=N–C) groups is 1. The van der Waals surface area contributed by atoms with Crippen LogP contribution in [0, 0.1) is 13.8 Å². The van der Waals surface area contributed by atoms with Gasteiger partial charge in [-0.05, 0) is 74.1 Å². The van der Waals surface area contributed by atoms with Crippen molar-refractivity contribution in [1.29, 1.82) is 0 Å². The lowest BCUT2D eigenvalue weighted by Gasteiger charge is -2.41. The Bertz CT molecular complexity index is 933. The number of amides is 1. The zero-order chi connectivity index (χ0) is 24.0. The molecule has 1 aliphatic rings. The standard InChI is InChI=1S/C24H35ClN6OS/c1-16-13-21(25)29-18(3)22(16)23(32)28-9-5-17(2)30-10-6-20(7-11-30)31(24(26)27-4)14-19-8-12-33-15-19/h8,12-13,15,17,20H,5-7,9-11,14H2,1-4H3,(H2,26,27)(H,28,32)/t17-/m1/s1. The molecule has 9 heteroatoms. The normalized spacial score (nSPS) is 16.6. The van der Waals surface area contributed by atoms with E-state index in [9.17, 15) is 4.79 Å². The zero-order valence-electron chi connectivity index (χ0n) is 20.0. The highest BCUT2D eigenvalue weighted by molar-refractivity contribution is 7.07. The maximum atomic E-state index is 12.7. The third kappa shape index (κ3) is 6.68. The molecule has 3 N–H and O–H groups in total. The number of hydrogen-bond donors (Lipinski definition) is 2. The van der Waals surface area contributed by atoms with Gasteiger partial charge in [-0.1, -0.05) is 11.6 Å². The Labute approximate surface area is 206 Å². The average molecular weight is 491 g/mol. The van der Waals surface area contributed by atoms with Crippen LogP contribution in [0.4, 0.5) is 0 Å². The number of halogens is 1. The first-order valence-corrected chi connectivity index (χ1v) is 12.8. The number of thiophene rings is 1. The maximum absolute atomic E-state index is 12.7. The smallest absolute Gasteiger partial charge is 0.253 e. The number of carbonyl (C=O) groups is 1. The molecule has 7 nitrogen and oxygen atoms in total. The van der Waals surface area contributed by atoms with Crippen molar-refractivity contribution in [1.82, 2.24) is 20.1 Å². The Morgan fingerprint density at radius 2 is 2.15 bits per heavy atom. The highest BCUT2D eigenvalue weighted by atomic mass is 35.5. The zero-order valence-corrected chi connectivity index (χ0v) is 21.5. The van der Waals surface area contributed by atoms with E-state index in [1.54, 1.807) is 24.5 Å². The molecular weight excluding hydrogens is 456 g/mol. The first kappa shape index (κ1) is 25.5. The van der Waals surface area contributed by atoms with Crippen LogP contribution in [-0.2, 0) is 6.54 Å². The van der Waals surface area contributed by atoms with Gasteiger partial charge in [0, 0.05) is 45.3 Å². The lowest BCUT2D eigenvalue weighted by molar-refractivity contribution is 0.0934. The summed E-state index contributed by atoms with van der Waals surface area (Å²) in [6.45, 7) is 9.39. The number of nitrogens with one attached hydrogen (secondary N) is 1. The van der Waals surface area contributed by atoms with Crippen LogP contribution in [0.5, 0.6) is 0 Å². The van der Waals surface area contributed by atoms with Gasteiger partial charge in [0.05, 0.1) is 11.3 Å².